The minimum Gasteiger partial charge on any atom is -0.507 e. The second kappa shape index (κ2) is 8.36. The summed E-state index contributed by atoms with van der Waals surface area (Å²) in [4.78, 5) is 12.7. The van der Waals surface area contributed by atoms with Crippen molar-refractivity contribution >= 4 is 17.5 Å². The maximum Gasteiger partial charge on any atom is 0.164 e. The average molecular weight is 402 g/mol. The van der Waals surface area contributed by atoms with Crippen molar-refractivity contribution in [3.8, 4) is 5.75 Å². The number of benzene rings is 1. The zero-order chi connectivity index (χ0) is 21.3. The van der Waals surface area contributed by atoms with E-state index in [0.29, 0.717) is 18.6 Å². The number of carbonyl (C=O) groups is 1. The van der Waals surface area contributed by atoms with Crippen molar-refractivity contribution in [1.82, 2.24) is 4.57 Å². The number of carbonyl (C=O) groups excluding carboxylic acids is 1. The van der Waals surface area contributed by atoms with E-state index in [2.05, 4.69) is 60.6 Å². The van der Waals surface area contributed by atoms with E-state index in [1.54, 1.807) is 11.8 Å². The molecule has 0 spiro atoms. The largest absolute Gasteiger partial charge is 0.507 e. The monoisotopic (exact) mass is 401 g/mol. The van der Waals surface area contributed by atoms with E-state index in [4.69, 9.17) is 0 Å². The Morgan fingerprint density at radius 1 is 1.04 bits per heavy atom. The Hall–Kier alpha value is -1.68. The molecule has 28 heavy (non-hydrogen) atoms. The van der Waals surface area contributed by atoms with Crippen molar-refractivity contribution in [3.63, 3.8) is 0 Å². The Kier molecular flexibility index (Phi) is 6.75. The van der Waals surface area contributed by atoms with E-state index in [1.807, 2.05) is 23.9 Å². The first kappa shape index (κ1) is 22.6. The molecule has 0 bridgehead atoms. The van der Waals surface area contributed by atoms with Crippen LogP contribution in [0.25, 0.3) is 0 Å². The molecular formula is C24H35NO2S. The van der Waals surface area contributed by atoms with Gasteiger partial charge in [-0.2, -0.15) is 0 Å². The van der Waals surface area contributed by atoms with Crippen molar-refractivity contribution < 1.29 is 9.90 Å². The lowest BCUT2D eigenvalue weighted by Crippen LogP contribution is -2.18. The molecule has 0 amide bonds. The lowest BCUT2D eigenvalue weighted by molar-refractivity contribution is 0.0983. The summed E-state index contributed by atoms with van der Waals surface area (Å²) in [5.41, 5.74) is 3.47. The molecule has 0 atom stereocenters. The smallest absolute Gasteiger partial charge is 0.164 e. The Labute approximate surface area is 174 Å². The average Bonchev–Trinajstić information content (AvgIpc) is 2.93. The lowest BCUT2D eigenvalue weighted by Gasteiger charge is -2.28. The first-order chi connectivity index (χ1) is 12.8. The number of aryl methyl sites for hydroxylation is 2. The molecule has 0 radical (unpaired) electrons. The molecule has 1 N–H and O–H groups in total. The number of rotatable bonds is 6. The summed E-state index contributed by atoms with van der Waals surface area (Å²) in [5.74, 6) is 1.55. The van der Waals surface area contributed by atoms with Gasteiger partial charge in [0.15, 0.2) is 5.78 Å². The highest BCUT2D eigenvalue weighted by atomic mass is 32.2. The number of nitrogens with zero attached hydrogens (tertiary/aromatic N) is 1. The van der Waals surface area contributed by atoms with E-state index >= 15 is 0 Å². The Bertz CT molecular complexity index is 815. The standard InChI is InChI=1S/C24H35NO2S/c1-9-28-21-14-17(15-25(21)8)20(26)11-10-16-12-18(23(2,3)4)22(27)19(13-16)24(5,6)7/h12-15,27H,9-11H2,1-8H3. The van der Waals surface area contributed by atoms with Gasteiger partial charge in [-0.3, -0.25) is 4.79 Å². The first-order valence-electron chi connectivity index (χ1n) is 10.0. The molecule has 0 fully saturated rings. The molecule has 2 rings (SSSR count). The highest BCUT2D eigenvalue weighted by molar-refractivity contribution is 7.99. The van der Waals surface area contributed by atoms with E-state index in [0.717, 1.165) is 33.0 Å². The second-order valence-corrected chi connectivity index (χ2v) is 10.9. The van der Waals surface area contributed by atoms with Crippen LogP contribution in [0, 0.1) is 0 Å². The number of ketones is 1. The molecule has 1 aromatic carbocycles. The summed E-state index contributed by atoms with van der Waals surface area (Å²) < 4.78 is 2.03. The van der Waals surface area contributed by atoms with Gasteiger partial charge < -0.3 is 9.67 Å². The molecule has 0 aliphatic rings. The van der Waals surface area contributed by atoms with Crippen LogP contribution in [0.2, 0.25) is 0 Å². The zero-order valence-electron chi connectivity index (χ0n) is 18.6. The number of hydrogen-bond acceptors (Lipinski definition) is 3. The first-order valence-corrected chi connectivity index (χ1v) is 11.0. The summed E-state index contributed by atoms with van der Waals surface area (Å²) in [6.07, 6.45) is 3.08. The summed E-state index contributed by atoms with van der Waals surface area (Å²) in [6.45, 7) is 14.8. The SMILES string of the molecule is CCSc1cc(C(=O)CCc2cc(C(C)(C)C)c(O)c(C(C)(C)C)c2)cn1C. The van der Waals surface area contributed by atoms with Crippen molar-refractivity contribution in [2.45, 2.75) is 77.2 Å². The van der Waals surface area contributed by atoms with Crippen LogP contribution < -0.4 is 0 Å². The molecular weight excluding hydrogens is 366 g/mol. The molecule has 1 aromatic heterocycles. The molecule has 2 aromatic rings. The highest BCUT2D eigenvalue weighted by Crippen LogP contribution is 2.40. The number of phenolic OH excluding ortho intramolecular Hbond substituents is 1. The van der Waals surface area contributed by atoms with Gasteiger partial charge in [0.2, 0.25) is 0 Å². The van der Waals surface area contributed by atoms with Crippen molar-refractivity contribution in [2.75, 3.05) is 5.75 Å². The van der Waals surface area contributed by atoms with Crippen molar-refractivity contribution in [2.24, 2.45) is 7.05 Å². The van der Waals surface area contributed by atoms with Gasteiger partial charge in [0.25, 0.3) is 0 Å². The number of hydrogen-bond donors (Lipinski definition) is 1. The van der Waals surface area contributed by atoms with Gasteiger partial charge in [0.05, 0.1) is 5.03 Å². The number of phenols is 1. The minimum absolute atomic E-state index is 0.157. The maximum absolute atomic E-state index is 12.7. The van der Waals surface area contributed by atoms with E-state index in [1.165, 1.54) is 0 Å². The van der Waals surface area contributed by atoms with Gasteiger partial charge in [0, 0.05) is 25.2 Å². The van der Waals surface area contributed by atoms with Crippen LogP contribution in [0.4, 0.5) is 0 Å². The maximum atomic E-state index is 12.7. The molecule has 3 nitrogen and oxygen atoms in total. The van der Waals surface area contributed by atoms with E-state index in [9.17, 15) is 9.90 Å². The van der Waals surface area contributed by atoms with E-state index in [-0.39, 0.29) is 16.6 Å². The topological polar surface area (TPSA) is 42.2 Å². The normalized spacial score (nSPS) is 12.4. The van der Waals surface area contributed by atoms with Crippen molar-refractivity contribution in [3.05, 3.63) is 46.6 Å². The molecule has 0 saturated carbocycles. The molecule has 0 unspecified atom stereocenters. The summed E-state index contributed by atoms with van der Waals surface area (Å²) in [7, 11) is 1.99. The predicted octanol–water partition coefficient (Wildman–Crippen LogP) is 6.25. The quantitative estimate of drug-likeness (QED) is 0.459. The fraction of sp³-hybridized carbons (Fsp3) is 0.542. The van der Waals surface area contributed by atoms with Gasteiger partial charge in [-0.05, 0) is 45.8 Å². The highest BCUT2D eigenvalue weighted by Gasteiger charge is 2.26. The molecule has 154 valence electrons. The number of Topliss-reactive ketones (excluding diaryl/α,β-unsaturated/α-hetero) is 1. The van der Waals surface area contributed by atoms with E-state index < -0.39 is 0 Å². The summed E-state index contributed by atoms with van der Waals surface area (Å²) >= 11 is 1.75. The van der Waals surface area contributed by atoms with Crippen LogP contribution in [0.1, 0.15) is 81.9 Å². The van der Waals surface area contributed by atoms with Gasteiger partial charge in [0.1, 0.15) is 5.75 Å². The lowest BCUT2D eigenvalue weighted by atomic mass is 9.78. The van der Waals surface area contributed by atoms with Crippen LogP contribution in [-0.4, -0.2) is 21.2 Å². The third-order valence-electron chi connectivity index (χ3n) is 5.00. The predicted molar refractivity (Wildman–Crippen MR) is 120 cm³/mol. The Morgan fingerprint density at radius 2 is 1.57 bits per heavy atom. The molecule has 0 aliphatic carbocycles. The Morgan fingerprint density at radius 3 is 2.04 bits per heavy atom. The van der Waals surface area contributed by atoms with Crippen LogP contribution in [0.15, 0.2) is 29.4 Å². The second-order valence-electron chi connectivity index (χ2n) is 9.57. The fourth-order valence-electron chi connectivity index (χ4n) is 3.37. The molecule has 4 heteroatoms. The minimum atomic E-state index is -0.157. The number of thioether (sulfide) groups is 1. The third kappa shape index (κ3) is 5.22. The zero-order valence-corrected chi connectivity index (χ0v) is 19.5. The van der Waals surface area contributed by atoms with Gasteiger partial charge in [-0.15, -0.1) is 11.8 Å². The van der Waals surface area contributed by atoms with Gasteiger partial charge in [-0.25, -0.2) is 0 Å². The fourth-order valence-corrected chi connectivity index (χ4v) is 4.13. The van der Waals surface area contributed by atoms with Crippen LogP contribution in [-0.2, 0) is 24.3 Å². The molecule has 0 aliphatic heterocycles. The Balaban J connectivity index is 2.28. The van der Waals surface area contributed by atoms with Crippen LogP contribution >= 0.6 is 11.8 Å². The van der Waals surface area contributed by atoms with Crippen LogP contribution in [0.3, 0.4) is 0 Å². The number of aromatic nitrogens is 1. The molecule has 1 heterocycles. The van der Waals surface area contributed by atoms with Gasteiger partial charge in [-0.1, -0.05) is 60.6 Å². The van der Waals surface area contributed by atoms with Crippen LogP contribution in [0.5, 0.6) is 5.75 Å². The summed E-state index contributed by atoms with van der Waals surface area (Å²) in [5, 5.41) is 12.0. The third-order valence-corrected chi connectivity index (χ3v) is 5.99. The molecule has 0 saturated heterocycles. The van der Waals surface area contributed by atoms with Gasteiger partial charge >= 0.3 is 0 Å². The van der Waals surface area contributed by atoms with Crippen molar-refractivity contribution in [1.29, 1.82) is 0 Å². The summed E-state index contributed by atoms with van der Waals surface area (Å²) in [6, 6.07) is 6.14. The number of aromatic hydroxyl groups is 1.